The molecule has 0 spiro atoms. The highest BCUT2D eigenvalue weighted by Gasteiger charge is 2.27. The van der Waals surface area contributed by atoms with Crippen molar-refractivity contribution in [2.75, 3.05) is 17.6 Å². The van der Waals surface area contributed by atoms with Gasteiger partial charge in [0.1, 0.15) is 5.69 Å². The van der Waals surface area contributed by atoms with Gasteiger partial charge in [-0.3, -0.25) is 10.1 Å². The summed E-state index contributed by atoms with van der Waals surface area (Å²) in [5.74, 6) is -1.63. The molecule has 0 aliphatic rings. The van der Waals surface area contributed by atoms with Crippen LogP contribution >= 0.6 is 11.8 Å². The minimum Gasteiger partial charge on any atom is -0.478 e. The molecule has 1 aromatic carbocycles. The molecule has 0 radical (unpaired) electrons. The minimum absolute atomic E-state index is 0.127. The van der Waals surface area contributed by atoms with Crippen molar-refractivity contribution in [3.63, 3.8) is 0 Å². The minimum atomic E-state index is -4.38. The van der Waals surface area contributed by atoms with Crippen molar-refractivity contribution in [2.45, 2.75) is 5.51 Å². The van der Waals surface area contributed by atoms with Gasteiger partial charge in [0.2, 0.25) is 0 Å². The highest BCUT2D eigenvalue weighted by atomic mass is 32.2. The van der Waals surface area contributed by atoms with Crippen LogP contribution < -0.4 is 5.32 Å². The van der Waals surface area contributed by atoms with Gasteiger partial charge in [-0.25, -0.2) is 4.79 Å². The van der Waals surface area contributed by atoms with Gasteiger partial charge in [0.05, 0.1) is 10.5 Å². The molecule has 1 aromatic rings. The number of rotatable bonds is 6. The summed E-state index contributed by atoms with van der Waals surface area (Å²) in [6, 6.07) is 3.05. The number of aromatic carboxylic acids is 1. The summed E-state index contributed by atoms with van der Waals surface area (Å²) in [5, 5.41) is 21.9. The van der Waals surface area contributed by atoms with Gasteiger partial charge in [0, 0.05) is 18.4 Å². The first-order valence-corrected chi connectivity index (χ1v) is 6.15. The Morgan fingerprint density at radius 2 is 2.10 bits per heavy atom. The second-order valence-corrected chi connectivity index (χ2v) is 4.68. The number of nitrogens with one attached hydrogen (secondary N) is 1. The van der Waals surface area contributed by atoms with Gasteiger partial charge < -0.3 is 10.4 Å². The Morgan fingerprint density at radius 1 is 1.45 bits per heavy atom. The molecule has 0 saturated carbocycles. The van der Waals surface area contributed by atoms with E-state index in [1.165, 1.54) is 0 Å². The first-order valence-electron chi connectivity index (χ1n) is 5.17. The summed E-state index contributed by atoms with van der Waals surface area (Å²) in [6.45, 7) is -0.186. The van der Waals surface area contributed by atoms with E-state index in [2.05, 4.69) is 5.32 Å². The quantitative estimate of drug-likeness (QED) is 0.477. The van der Waals surface area contributed by atoms with Crippen LogP contribution in [0.25, 0.3) is 0 Å². The Hall–Kier alpha value is -1.97. The maximum atomic E-state index is 11.9. The standard InChI is InChI=1S/C10H9F3N2O4S/c11-10(12,13)20-4-3-14-7-5-6(9(16)17)1-2-8(7)15(18)19/h1-2,5,14H,3-4H2,(H,16,17). The highest BCUT2D eigenvalue weighted by molar-refractivity contribution is 8.00. The van der Waals surface area contributed by atoms with Gasteiger partial charge in [0.25, 0.3) is 5.69 Å². The lowest BCUT2D eigenvalue weighted by Crippen LogP contribution is -2.11. The van der Waals surface area contributed by atoms with Crippen molar-refractivity contribution in [3.05, 3.63) is 33.9 Å². The number of carbonyl (C=O) groups is 1. The van der Waals surface area contributed by atoms with E-state index in [9.17, 15) is 28.1 Å². The fraction of sp³-hybridized carbons (Fsp3) is 0.300. The van der Waals surface area contributed by atoms with Crippen molar-refractivity contribution >= 4 is 29.1 Å². The third kappa shape index (κ3) is 4.96. The molecule has 6 nitrogen and oxygen atoms in total. The number of nitrogens with zero attached hydrogens (tertiary/aromatic N) is 1. The lowest BCUT2D eigenvalue weighted by Gasteiger charge is -2.09. The molecular weight excluding hydrogens is 301 g/mol. The Morgan fingerprint density at radius 3 is 2.60 bits per heavy atom. The van der Waals surface area contributed by atoms with Crippen LogP contribution in [0.1, 0.15) is 10.4 Å². The van der Waals surface area contributed by atoms with Gasteiger partial charge in [-0.05, 0) is 23.9 Å². The van der Waals surface area contributed by atoms with Crippen molar-refractivity contribution in [1.29, 1.82) is 0 Å². The molecule has 0 unspecified atom stereocenters. The van der Waals surface area contributed by atoms with E-state index >= 15 is 0 Å². The molecule has 0 heterocycles. The molecule has 0 aliphatic carbocycles. The molecule has 10 heteroatoms. The predicted molar refractivity (Wildman–Crippen MR) is 67.1 cm³/mol. The second kappa shape index (κ2) is 6.46. The predicted octanol–water partition coefficient (Wildman–Crippen LogP) is 2.96. The fourth-order valence-corrected chi connectivity index (χ4v) is 1.76. The number of benzene rings is 1. The van der Waals surface area contributed by atoms with Crippen LogP contribution in [0.5, 0.6) is 0 Å². The first-order chi connectivity index (χ1) is 9.20. The Kier molecular flexibility index (Phi) is 5.19. The number of thioether (sulfide) groups is 1. The number of carboxylic acid groups (broad SMARTS) is 1. The van der Waals surface area contributed by atoms with Crippen LogP contribution in [0.4, 0.5) is 24.5 Å². The van der Waals surface area contributed by atoms with Gasteiger partial charge in [-0.2, -0.15) is 13.2 Å². The Balaban J connectivity index is 2.78. The maximum absolute atomic E-state index is 11.9. The van der Waals surface area contributed by atoms with Crippen LogP contribution in [0.3, 0.4) is 0 Å². The highest BCUT2D eigenvalue weighted by Crippen LogP contribution is 2.30. The average Bonchev–Trinajstić information content (AvgIpc) is 2.33. The van der Waals surface area contributed by atoms with E-state index in [1.807, 2.05) is 0 Å². The maximum Gasteiger partial charge on any atom is 0.441 e. The van der Waals surface area contributed by atoms with Gasteiger partial charge >= 0.3 is 11.5 Å². The molecule has 0 aromatic heterocycles. The summed E-state index contributed by atoms with van der Waals surface area (Å²) < 4.78 is 35.7. The zero-order valence-electron chi connectivity index (χ0n) is 9.81. The number of anilines is 1. The lowest BCUT2D eigenvalue weighted by molar-refractivity contribution is -0.384. The van der Waals surface area contributed by atoms with E-state index in [1.54, 1.807) is 0 Å². The molecule has 1 rings (SSSR count). The number of hydrogen-bond donors (Lipinski definition) is 2. The SMILES string of the molecule is O=C(O)c1ccc([N+](=O)[O-])c(NCCSC(F)(F)F)c1. The van der Waals surface area contributed by atoms with Crippen LogP contribution in [-0.2, 0) is 0 Å². The van der Waals surface area contributed by atoms with E-state index in [4.69, 9.17) is 5.11 Å². The molecule has 2 N–H and O–H groups in total. The Bertz CT molecular complexity index is 522. The third-order valence-electron chi connectivity index (χ3n) is 2.12. The van der Waals surface area contributed by atoms with Crippen LogP contribution in [-0.4, -0.2) is 33.8 Å². The Labute approximate surface area is 115 Å². The average molecular weight is 310 g/mol. The molecule has 0 fully saturated rings. The van der Waals surface area contributed by atoms with Crippen molar-refractivity contribution < 1.29 is 28.0 Å². The summed E-state index contributed by atoms with van der Waals surface area (Å²) >= 11 is -0.271. The normalized spacial score (nSPS) is 11.2. The number of nitro groups is 1. The molecule has 0 amide bonds. The molecule has 20 heavy (non-hydrogen) atoms. The summed E-state index contributed by atoms with van der Waals surface area (Å²) in [7, 11) is 0. The van der Waals surface area contributed by atoms with Crippen molar-refractivity contribution in [3.8, 4) is 0 Å². The smallest absolute Gasteiger partial charge is 0.441 e. The summed E-state index contributed by atoms with van der Waals surface area (Å²) in [6.07, 6.45) is 0. The van der Waals surface area contributed by atoms with Crippen LogP contribution in [0, 0.1) is 10.1 Å². The lowest BCUT2D eigenvalue weighted by atomic mass is 10.1. The van der Waals surface area contributed by atoms with Crippen molar-refractivity contribution in [2.24, 2.45) is 0 Å². The van der Waals surface area contributed by atoms with Gasteiger partial charge in [0.15, 0.2) is 0 Å². The number of nitro benzene ring substituents is 1. The number of alkyl halides is 3. The van der Waals surface area contributed by atoms with E-state index < -0.39 is 22.1 Å². The van der Waals surface area contributed by atoms with Crippen LogP contribution in [0.2, 0.25) is 0 Å². The van der Waals surface area contributed by atoms with E-state index in [0.29, 0.717) is 0 Å². The van der Waals surface area contributed by atoms with Crippen LogP contribution in [0.15, 0.2) is 18.2 Å². The van der Waals surface area contributed by atoms with Gasteiger partial charge in [-0.15, -0.1) is 0 Å². The zero-order chi connectivity index (χ0) is 15.3. The molecular formula is C10H9F3N2O4S. The van der Waals surface area contributed by atoms with Crippen molar-refractivity contribution in [1.82, 2.24) is 0 Å². The van der Waals surface area contributed by atoms with E-state index in [0.717, 1.165) is 18.2 Å². The molecule has 110 valence electrons. The summed E-state index contributed by atoms with van der Waals surface area (Å²) in [5.41, 5.74) is -5.09. The molecule has 0 saturated heterocycles. The third-order valence-corrected chi connectivity index (χ3v) is 2.86. The second-order valence-electron chi connectivity index (χ2n) is 3.52. The summed E-state index contributed by atoms with van der Waals surface area (Å²) in [4.78, 5) is 20.7. The molecule has 0 bridgehead atoms. The number of hydrogen-bond acceptors (Lipinski definition) is 5. The molecule has 0 aliphatic heterocycles. The first kappa shape index (κ1) is 16.1. The topological polar surface area (TPSA) is 92.5 Å². The monoisotopic (exact) mass is 310 g/mol. The van der Waals surface area contributed by atoms with Gasteiger partial charge in [-0.1, -0.05) is 0 Å². The molecule has 0 atom stereocenters. The largest absolute Gasteiger partial charge is 0.478 e. The number of carboxylic acids is 1. The number of halogens is 3. The zero-order valence-corrected chi connectivity index (χ0v) is 10.6. The van der Waals surface area contributed by atoms with E-state index in [-0.39, 0.29) is 35.3 Å². The fourth-order valence-electron chi connectivity index (χ4n) is 1.32.